The van der Waals surface area contributed by atoms with Crippen LogP contribution in [-0.2, 0) is 13.0 Å². The van der Waals surface area contributed by atoms with E-state index in [0.29, 0.717) is 23.2 Å². The van der Waals surface area contributed by atoms with Gasteiger partial charge in [-0.3, -0.25) is 4.98 Å². The van der Waals surface area contributed by atoms with Crippen LogP contribution in [0.15, 0.2) is 36.5 Å². The molecule has 0 spiro atoms. The van der Waals surface area contributed by atoms with E-state index in [0.717, 1.165) is 52.5 Å². The Bertz CT molecular complexity index is 1000. The Morgan fingerprint density at radius 3 is 2.74 bits per heavy atom. The van der Waals surface area contributed by atoms with Gasteiger partial charge in [0.2, 0.25) is 0 Å². The quantitative estimate of drug-likeness (QED) is 0.558. The normalized spacial score (nSPS) is 13.8. The summed E-state index contributed by atoms with van der Waals surface area (Å²) in [6.45, 7) is 2.67. The molecule has 1 aromatic heterocycles. The Morgan fingerprint density at radius 2 is 2.07 bits per heavy atom. The van der Waals surface area contributed by atoms with Crippen molar-refractivity contribution in [3.05, 3.63) is 64.1 Å². The van der Waals surface area contributed by atoms with Crippen LogP contribution in [0.5, 0.6) is 5.75 Å². The third kappa shape index (κ3) is 3.59. The highest BCUT2D eigenvalue weighted by Gasteiger charge is 2.27. The summed E-state index contributed by atoms with van der Waals surface area (Å²) in [6, 6.07) is 8.96. The molecule has 0 amide bonds. The van der Waals surface area contributed by atoms with Gasteiger partial charge in [0, 0.05) is 23.8 Å². The lowest BCUT2D eigenvalue weighted by atomic mass is 10.0. The Labute approximate surface area is 163 Å². The van der Waals surface area contributed by atoms with Gasteiger partial charge in [0.15, 0.2) is 0 Å². The molecule has 0 atom stereocenters. The smallest absolute Gasteiger partial charge is 0.137 e. The van der Waals surface area contributed by atoms with Crippen molar-refractivity contribution < 1.29 is 9.13 Å². The van der Waals surface area contributed by atoms with E-state index in [4.69, 9.17) is 16.3 Å². The lowest BCUT2D eigenvalue weighted by molar-refractivity contribution is 0.415. The zero-order valence-corrected chi connectivity index (χ0v) is 16.2. The lowest BCUT2D eigenvalue weighted by Gasteiger charge is -2.16. The average Bonchev–Trinajstić information content (AvgIpc) is 3.50. The van der Waals surface area contributed by atoms with Crippen molar-refractivity contribution in [3.8, 4) is 5.75 Å². The third-order valence-electron chi connectivity index (χ3n) is 5.13. The molecule has 0 unspecified atom stereocenters. The summed E-state index contributed by atoms with van der Waals surface area (Å²) in [5.74, 6) is 0.895. The van der Waals surface area contributed by atoms with E-state index in [9.17, 15) is 4.39 Å². The predicted molar refractivity (Wildman–Crippen MR) is 108 cm³/mol. The summed E-state index contributed by atoms with van der Waals surface area (Å²) in [5, 5.41) is 4.93. The Kier molecular flexibility index (Phi) is 4.92. The van der Waals surface area contributed by atoms with Crippen LogP contribution in [0.25, 0.3) is 10.9 Å². The molecule has 140 valence electrons. The van der Waals surface area contributed by atoms with Crippen molar-refractivity contribution in [2.24, 2.45) is 0 Å². The van der Waals surface area contributed by atoms with Crippen LogP contribution >= 0.6 is 11.6 Å². The molecule has 1 fully saturated rings. The maximum absolute atomic E-state index is 14.3. The number of rotatable bonds is 6. The number of hydrogen-bond donors (Lipinski definition) is 1. The average molecular weight is 385 g/mol. The second kappa shape index (κ2) is 7.35. The van der Waals surface area contributed by atoms with Crippen LogP contribution in [0.2, 0.25) is 5.02 Å². The van der Waals surface area contributed by atoms with Crippen LogP contribution in [-0.4, -0.2) is 12.1 Å². The summed E-state index contributed by atoms with van der Waals surface area (Å²) in [4.78, 5) is 4.66. The predicted octanol–water partition coefficient (Wildman–Crippen LogP) is 6.09. The molecule has 4 rings (SSSR count). The van der Waals surface area contributed by atoms with Crippen LogP contribution in [0, 0.1) is 5.82 Å². The minimum absolute atomic E-state index is 0.199. The maximum atomic E-state index is 14.3. The largest absolute Gasteiger partial charge is 0.495 e. The fourth-order valence-electron chi connectivity index (χ4n) is 3.53. The van der Waals surface area contributed by atoms with Gasteiger partial charge < -0.3 is 10.1 Å². The number of nitrogens with zero attached hydrogens (tertiary/aromatic N) is 1. The Hall–Kier alpha value is -2.33. The van der Waals surface area contributed by atoms with E-state index >= 15 is 0 Å². The molecule has 1 heterocycles. The third-order valence-corrected chi connectivity index (χ3v) is 5.42. The molecule has 27 heavy (non-hydrogen) atoms. The van der Waals surface area contributed by atoms with Crippen molar-refractivity contribution in [2.45, 2.75) is 38.6 Å². The van der Waals surface area contributed by atoms with Gasteiger partial charge in [-0.1, -0.05) is 24.6 Å². The van der Waals surface area contributed by atoms with Gasteiger partial charge in [-0.2, -0.15) is 0 Å². The molecule has 0 bridgehead atoms. The number of pyridine rings is 1. The van der Waals surface area contributed by atoms with Gasteiger partial charge in [0.1, 0.15) is 11.6 Å². The van der Waals surface area contributed by atoms with Crippen LogP contribution in [0.1, 0.15) is 42.4 Å². The van der Waals surface area contributed by atoms with Crippen LogP contribution in [0.4, 0.5) is 10.1 Å². The first-order valence-corrected chi connectivity index (χ1v) is 9.65. The molecule has 0 aliphatic heterocycles. The number of aromatic nitrogens is 1. The number of ether oxygens (including phenoxy) is 1. The van der Waals surface area contributed by atoms with Gasteiger partial charge in [-0.05, 0) is 66.1 Å². The van der Waals surface area contributed by atoms with Gasteiger partial charge in [0.05, 0.1) is 17.6 Å². The minimum Gasteiger partial charge on any atom is -0.495 e. The molecule has 3 aromatic rings. The fraction of sp³-hybridized carbons (Fsp3) is 0.318. The molecule has 2 aromatic carbocycles. The van der Waals surface area contributed by atoms with Crippen LogP contribution in [0.3, 0.4) is 0 Å². The van der Waals surface area contributed by atoms with E-state index in [1.807, 2.05) is 24.4 Å². The molecule has 0 saturated heterocycles. The molecule has 1 N–H and O–H groups in total. The highest BCUT2D eigenvalue weighted by Crippen LogP contribution is 2.44. The second-order valence-corrected chi connectivity index (χ2v) is 7.41. The van der Waals surface area contributed by atoms with E-state index in [1.165, 1.54) is 0 Å². The molecular weight excluding hydrogens is 363 g/mol. The highest BCUT2D eigenvalue weighted by molar-refractivity contribution is 6.32. The van der Waals surface area contributed by atoms with Gasteiger partial charge in [-0.25, -0.2) is 4.39 Å². The van der Waals surface area contributed by atoms with Crippen molar-refractivity contribution in [3.63, 3.8) is 0 Å². The summed E-state index contributed by atoms with van der Waals surface area (Å²) in [7, 11) is 1.60. The van der Waals surface area contributed by atoms with E-state index in [2.05, 4.69) is 17.2 Å². The Morgan fingerprint density at radius 1 is 1.26 bits per heavy atom. The molecule has 3 nitrogen and oxygen atoms in total. The van der Waals surface area contributed by atoms with Crippen molar-refractivity contribution >= 4 is 28.2 Å². The van der Waals surface area contributed by atoms with Crippen molar-refractivity contribution in [1.29, 1.82) is 0 Å². The molecule has 0 radical (unpaired) electrons. The first-order chi connectivity index (χ1) is 13.1. The number of hydrogen-bond acceptors (Lipinski definition) is 3. The van der Waals surface area contributed by atoms with Crippen LogP contribution < -0.4 is 10.1 Å². The molecule has 1 saturated carbocycles. The summed E-state index contributed by atoms with van der Waals surface area (Å²) in [5.41, 5.74) is 5.01. The highest BCUT2D eigenvalue weighted by atomic mass is 35.5. The first-order valence-electron chi connectivity index (χ1n) is 9.28. The second-order valence-electron chi connectivity index (χ2n) is 7.00. The number of halogens is 2. The fourth-order valence-corrected chi connectivity index (χ4v) is 3.81. The standard InChI is InChI=1S/C22H22ClFN2O/c1-3-14-12-26-22-17(15-5-6-15)9-16(24)10-18(22)21(14)25-11-13-4-7-20(27-2)19(23)8-13/h4,7-10,12,15H,3,5-6,11H2,1-2H3,(H,25,26). The molecule has 1 aliphatic rings. The Balaban J connectivity index is 1.72. The van der Waals surface area contributed by atoms with E-state index in [1.54, 1.807) is 19.2 Å². The number of aryl methyl sites for hydroxylation is 1. The maximum Gasteiger partial charge on any atom is 0.137 e. The lowest BCUT2D eigenvalue weighted by Crippen LogP contribution is -2.05. The molecule has 5 heteroatoms. The minimum atomic E-state index is -0.199. The monoisotopic (exact) mass is 384 g/mol. The summed E-state index contributed by atoms with van der Waals surface area (Å²) in [6.07, 6.45) is 4.96. The number of methoxy groups -OCH3 is 1. The SMILES string of the molecule is CCc1cnc2c(C3CC3)cc(F)cc2c1NCc1ccc(OC)c(Cl)c1. The zero-order valence-electron chi connectivity index (χ0n) is 15.5. The number of nitrogens with one attached hydrogen (secondary N) is 1. The van der Waals surface area contributed by atoms with E-state index in [-0.39, 0.29) is 5.82 Å². The molecule has 1 aliphatic carbocycles. The molecular formula is C22H22ClFN2O. The first kappa shape index (κ1) is 18.1. The summed E-state index contributed by atoms with van der Waals surface area (Å²) >= 11 is 6.24. The number of benzene rings is 2. The van der Waals surface area contributed by atoms with Gasteiger partial charge >= 0.3 is 0 Å². The van der Waals surface area contributed by atoms with Gasteiger partial charge in [-0.15, -0.1) is 0 Å². The number of fused-ring (bicyclic) bond motifs is 1. The topological polar surface area (TPSA) is 34.2 Å². The number of anilines is 1. The summed E-state index contributed by atoms with van der Waals surface area (Å²) < 4.78 is 19.5. The van der Waals surface area contributed by atoms with E-state index < -0.39 is 0 Å². The van der Waals surface area contributed by atoms with Crippen molar-refractivity contribution in [2.75, 3.05) is 12.4 Å². The zero-order chi connectivity index (χ0) is 19.0. The van der Waals surface area contributed by atoms with Gasteiger partial charge in [0.25, 0.3) is 0 Å². The van der Waals surface area contributed by atoms with Crippen molar-refractivity contribution in [1.82, 2.24) is 4.98 Å².